The highest BCUT2D eigenvalue weighted by Crippen LogP contribution is 2.15. The first kappa shape index (κ1) is 29.1. The lowest BCUT2D eigenvalue weighted by molar-refractivity contribution is -0.909. The van der Waals surface area contributed by atoms with Gasteiger partial charge in [-0.1, -0.05) is 76.9 Å². The van der Waals surface area contributed by atoms with Crippen LogP contribution in [-0.4, -0.2) is 58.8 Å². The second kappa shape index (κ2) is 18.8. The number of quaternary nitrogens is 1. The number of aliphatic carboxylic acids is 3. The van der Waals surface area contributed by atoms with Gasteiger partial charge in [0.15, 0.2) is 13.1 Å². The first-order valence-corrected chi connectivity index (χ1v) is 11.9. The van der Waals surface area contributed by atoms with Gasteiger partial charge in [-0.3, -0.25) is 0 Å². The second-order valence-corrected chi connectivity index (χ2v) is 8.61. The third-order valence-electron chi connectivity index (χ3n) is 5.56. The molecule has 0 unspecified atom stereocenters. The first-order chi connectivity index (χ1) is 14.8. The molecule has 0 fully saturated rings. The third kappa shape index (κ3) is 18.6. The summed E-state index contributed by atoms with van der Waals surface area (Å²) in [5, 5.41) is 29.2. The van der Waals surface area contributed by atoms with E-state index in [1.54, 1.807) is 0 Å². The zero-order chi connectivity index (χ0) is 23.4. The van der Waals surface area contributed by atoms with Crippen LogP contribution in [0.1, 0.15) is 96.8 Å². The molecule has 31 heavy (non-hydrogen) atoms. The molecule has 0 aliphatic rings. The van der Waals surface area contributed by atoms with Gasteiger partial charge in [-0.2, -0.15) is 0 Å². The van der Waals surface area contributed by atoms with Gasteiger partial charge in [-0.25, -0.2) is 9.59 Å². The lowest BCUT2D eigenvalue weighted by Crippen LogP contribution is -2.59. The summed E-state index contributed by atoms with van der Waals surface area (Å²) in [6.45, 7) is 0.756. The smallest absolute Gasteiger partial charge is 0.359 e. The topological polar surface area (TPSA) is 115 Å². The molecule has 0 radical (unpaired) electrons. The molecule has 0 aromatic heterocycles. The van der Waals surface area contributed by atoms with E-state index in [-0.39, 0.29) is 6.54 Å². The van der Waals surface area contributed by atoms with Crippen molar-refractivity contribution in [3.63, 3.8) is 0 Å². The zero-order valence-corrected chi connectivity index (χ0v) is 19.4. The monoisotopic (exact) mass is 441 g/mol. The number of hydrogen-bond acceptors (Lipinski definition) is 4. The Hall–Kier alpha value is -1.89. The SMILES string of the molecule is CC/C=C/CCCCCCCCCCCCCC[N+](CC(=O)[O-])(CC(=O)O)CC(=O)O. The van der Waals surface area contributed by atoms with E-state index in [4.69, 9.17) is 10.2 Å². The number of rotatable bonds is 22. The fraction of sp³-hybridized carbons (Fsp3) is 0.792. The van der Waals surface area contributed by atoms with Crippen LogP contribution in [0.25, 0.3) is 0 Å². The van der Waals surface area contributed by atoms with Crippen molar-refractivity contribution in [3.05, 3.63) is 12.2 Å². The average Bonchev–Trinajstić information content (AvgIpc) is 2.66. The molecule has 0 aromatic carbocycles. The fourth-order valence-corrected chi connectivity index (χ4v) is 4.01. The van der Waals surface area contributed by atoms with Gasteiger partial charge in [0, 0.05) is 0 Å². The van der Waals surface area contributed by atoms with Crippen molar-refractivity contribution in [3.8, 4) is 0 Å². The van der Waals surface area contributed by atoms with E-state index >= 15 is 0 Å². The Balaban J connectivity index is 3.85. The van der Waals surface area contributed by atoms with E-state index in [1.807, 2.05) is 0 Å². The molecule has 0 aliphatic carbocycles. The largest absolute Gasteiger partial charge is 0.544 e. The van der Waals surface area contributed by atoms with Crippen molar-refractivity contribution < 1.29 is 34.2 Å². The second-order valence-electron chi connectivity index (χ2n) is 8.61. The third-order valence-corrected chi connectivity index (χ3v) is 5.56. The Kier molecular flexibility index (Phi) is 17.7. The molecule has 0 saturated heterocycles. The van der Waals surface area contributed by atoms with Crippen LogP contribution in [0.5, 0.6) is 0 Å². The minimum absolute atomic E-state index is 0.223. The van der Waals surface area contributed by atoms with E-state index in [2.05, 4.69) is 19.1 Å². The van der Waals surface area contributed by atoms with Crippen LogP contribution >= 0.6 is 0 Å². The minimum atomic E-state index is -1.42. The molecule has 0 saturated carbocycles. The molecule has 0 spiro atoms. The van der Waals surface area contributed by atoms with Crippen molar-refractivity contribution in [2.45, 2.75) is 96.8 Å². The summed E-state index contributed by atoms with van der Waals surface area (Å²) in [5.74, 6) is -3.82. The highest BCUT2D eigenvalue weighted by Gasteiger charge is 2.33. The molecule has 0 aliphatic heterocycles. The predicted molar refractivity (Wildman–Crippen MR) is 119 cm³/mol. The van der Waals surface area contributed by atoms with Gasteiger partial charge in [-0.05, 0) is 32.1 Å². The summed E-state index contributed by atoms with van der Waals surface area (Å²) < 4.78 is -0.498. The summed E-state index contributed by atoms with van der Waals surface area (Å²) in [7, 11) is 0. The van der Waals surface area contributed by atoms with E-state index in [1.165, 1.54) is 57.8 Å². The average molecular weight is 442 g/mol. The summed E-state index contributed by atoms with van der Waals surface area (Å²) in [5.41, 5.74) is 0. The maximum absolute atomic E-state index is 11.1. The van der Waals surface area contributed by atoms with Crippen molar-refractivity contribution >= 4 is 17.9 Å². The summed E-state index contributed by atoms with van der Waals surface area (Å²) in [4.78, 5) is 33.3. The van der Waals surface area contributed by atoms with Gasteiger partial charge in [0.2, 0.25) is 0 Å². The van der Waals surface area contributed by atoms with Crippen LogP contribution in [0, 0.1) is 0 Å². The molecular formula is C24H43NO6. The van der Waals surface area contributed by atoms with E-state index in [0.717, 1.165) is 25.7 Å². The van der Waals surface area contributed by atoms with Gasteiger partial charge in [0.1, 0.15) is 6.54 Å². The highest BCUT2D eigenvalue weighted by atomic mass is 16.4. The quantitative estimate of drug-likeness (QED) is 0.150. The normalized spacial score (nSPS) is 11.8. The number of unbranched alkanes of at least 4 members (excludes halogenated alkanes) is 12. The lowest BCUT2D eigenvalue weighted by Gasteiger charge is -2.36. The number of hydrogen-bond donors (Lipinski definition) is 2. The molecule has 7 heteroatoms. The number of carboxylic acids is 3. The Morgan fingerprint density at radius 2 is 1.10 bits per heavy atom. The van der Waals surface area contributed by atoms with Crippen molar-refractivity contribution in [2.24, 2.45) is 0 Å². The van der Waals surface area contributed by atoms with Gasteiger partial charge >= 0.3 is 11.9 Å². The fourth-order valence-electron chi connectivity index (χ4n) is 4.01. The van der Waals surface area contributed by atoms with E-state index < -0.39 is 42.0 Å². The maximum Gasteiger partial charge on any atom is 0.359 e. The standard InChI is InChI=1S/C24H43NO6/c1-2-3-4-5-6-7-8-9-10-11-12-13-14-15-16-17-18-25(19-22(26)27,20-23(28)29)21-24(30)31/h3-4H,2,5-21H2,1H3,(H2-,26,27,28,29,30,31)/b4-3+. The molecular weight excluding hydrogens is 398 g/mol. The number of carboxylic acid groups (broad SMARTS) is 3. The highest BCUT2D eigenvalue weighted by molar-refractivity contribution is 5.72. The van der Waals surface area contributed by atoms with Gasteiger partial charge in [0.05, 0.1) is 12.5 Å². The molecule has 7 nitrogen and oxygen atoms in total. The summed E-state index contributed by atoms with van der Waals surface area (Å²) >= 11 is 0. The molecule has 2 N–H and O–H groups in total. The Morgan fingerprint density at radius 1 is 0.677 bits per heavy atom. The number of carbonyl (C=O) groups is 3. The van der Waals surface area contributed by atoms with Crippen LogP contribution in [0.15, 0.2) is 12.2 Å². The van der Waals surface area contributed by atoms with Gasteiger partial charge in [-0.15, -0.1) is 0 Å². The predicted octanol–water partition coefficient (Wildman–Crippen LogP) is 3.76. The van der Waals surface area contributed by atoms with Crippen LogP contribution in [0.4, 0.5) is 0 Å². The zero-order valence-electron chi connectivity index (χ0n) is 19.4. The number of allylic oxidation sites excluding steroid dienone is 2. The molecule has 0 aromatic rings. The number of nitrogens with zero attached hydrogens (tertiary/aromatic N) is 1. The Morgan fingerprint density at radius 3 is 1.48 bits per heavy atom. The Labute approximate surface area is 187 Å². The number of carbonyl (C=O) groups excluding carboxylic acids is 1. The van der Waals surface area contributed by atoms with Crippen molar-refractivity contribution in [1.29, 1.82) is 0 Å². The molecule has 0 rings (SSSR count). The van der Waals surface area contributed by atoms with Gasteiger partial charge < -0.3 is 24.6 Å². The van der Waals surface area contributed by atoms with Crippen LogP contribution < -0.4 is 5.11 Å². The van der Waals surface area contributed by atoms with Crippen molar-refractivity contribution in [1.82, 2.24) is 0 Å². The van der Waals surface area contributed by atoms with Gasteiger partial charge in [0.25, 0.3) is 0 Å². The summed E-state index contributed by atoms with van der Waals surface area (Å²) in [6.07, 6.45) is 20.6. The molecule has 0 amide bonds. The lowest BCUT2D eigenvalue weighted by atomic mass is 10.0. The summed E-state index contributed by atoms with van der Waals surface area (Å²) in [6, 6.07) is 0. The molecule has 0 heterocycles. The van der Waals surface area contributed by atoms with E-state index in [9.17, 15) is 19.5 Å². The maximum atomic E-state index is 11.1. The first-order valence-electron chi connectivity index (χ1n) is 11.9. The molecule has 180 valence electrons. The minimum Gasteiger partial charge on any atom is -0.544 e. The van der Waals surface area contributed by atoms with Crippen molar-refractivity contribution in [2.75, 3.05) is 26.2 Å². The van der Waals surface area contributed by atoms with E-state index in [0.29, 0.717) is 6.42 Å². The van der Waals surface area contributed by atoms with Crippen LogP contribution in [0.2, 0.25) is 0 Å². The Bertz CT molecular complexity index is 491. The van der Waals surface area contributed by atoms with Crippen LogP contribution in [-0.2, 0) is 14.4 Å². The van der Waals surface area contributed by atoms with Crippen LogP contribution in [0.3, 0.4) is 0 Å². The molecule has 0 atom stereocenters. The molecule has 0 bridgehead atoms.